The Bertz CT molecular complexity index is 455. The number of nitrogens with one attached hydrogen (secondary N) is 1. The molecule has 4 nitrogen and oxygen atoms in total. The van der Waals surface area contributed by atoms with Crippen molar-refractivity contribution in [3.63, 3.8) is 0 Å². The standard InChI is InChI=1S/C14H22N4/c1-9-4-5-11(3)18(8-9)14-12(13(15)16)10(2)6-7-17-14/h6-7,9,11H,4-5,8H2,1-3H3,(H3,15,16). The third-order valence-corrected chi connectivity index (χ3v) is 3.80. The van der Waals surface area contributed by atoms with Crippen molar-refractivity contribution in [3.8, 4) is 0 Å². The van der Waals surface area contributed by atoms with Crippen LogP contribution in [0.15, 0.2) is 12.3 Å². The molecule has 0 radical (unpaired) electrons. The average Bonchev–Trinajstić information content (AvgIpc) is 2.31. The number of hydrogen-bond donors (Lipinski definition) is 2. The molecule has 2 rings (SSSR count). The zero-order chi connectivity index (χ0) is 13.3. The first kappa shape index (κ1) is 12.9. The van der Waals surface area contributed by atoms with E-state index in [4.69, 9.17) is 11.1 Å². The van der Waals surface area contributed by atoms with Gasteiger partial charge in [-0.25, -0.2) is 4.98 Å². The van der Waals surface area contributed by atoms with E-state index in [2.05, 4.69) is 23.7 Å². The minimum Gasteiger partial charge on any atom is -0.384 e. The van der Waals surface area contributed by atoms with Gasteiger partial charge in [-0.3, -0.25) is 5.41 Å². The van der Waals surface area contributed by atoms with Crippen LogP contribution < -0.4 is 10.6 Å². The number of nitrogens with two attached hydrogens (primary N) is 1. The Kier molecular flexibility index (Phi) is 3.55. The number of aromatic nitrogens is 1. The Hall–Kier alpha value is -1.58. The third-order valence-electron chi connectivity index (χ3n) is 3.80. The van der Waals surface area contributed by atoms with Crippen LogP contribution in [0.4, 0.5) is 5.82 Å². The average molecular weight is 246 g/mol. The van der Waals surface area contributed by atoms with Gasteiger partial charge in [0.25, 0.3) is 0 Å². The molecule has 0 aliphatic carbocycles. The highest BCUT2D eigenvalue weighted by atomic mass is 15.2. The van der Waals surface area contributed by atoms with Gasteiger partial charge in [-0.15, -0.1) is 0 Å². The van der Waals surface area contributed by atoms with E-state index < -0.39 is 0 Å². The maximum absolute atomic E-state index is 7.76. The normalized spacial score (nSPS) is 24.1. The second-order valence-corrected chi connectivity index (χ2v) is 5.42. The summed E-state index contributed by atoms with van der Waals surface area (Å²) >= 11 is 0. The minimum atomic E-state index is 0.112. The summed E-state index contributed by atoms with van der Waals surface area (Å²) in [6.07, 6.45) is 4.25. The van der Waals surface area contributed by atoms with Crippen LogP contribution in [-0.2, 0) is 0 Å². The van der Waals surface area contributed by atoms with Crippen LogP contribution in [0.25, 0.3) is 0 Å². The van der Waals surface area contributed by atoms with Crippen LogP contribution in [0, 0.1) is 18.3 Å². The molecule has 1 aliphatic rings. The molecule has 0 saturated carbocycles. The number of pyridine rings is 1. The second-order valence-electron chi connectivity index (χ2n) is 5.42. The molecule has 1 saturated heterocycles. The Balaban J connectivity index is 2.43. The summed E-state index contributed by atoms with van der Waals surface area (Å²) in [5.74, 6) is 1.66. The van der Waals surface area contributed by atoms with Crippen molar-refractivity contribution in [2.75, 3.05) is 11.4 Å². The molecule has 0 bridgehead atoms. The molecule has 18 heavy (non-hydrogen) atoms. The fourth-order valence-corrected chi connectivity index (χ4v) is 2.68. The van der Waals surface area contributed by atoms with Crippen molar-refractivity contribution in [2.24, 2.45) is 11.7 Å². The highest BCUT2D eigenvalue weighted by Gasteiger charge is 2.26. The van der Waals surface area contributed by atoms with E-state index in [0.29, 0.717) is 12.0 Å². The second kappa shape index (κ2) is 4.96. The van der Waals surface area contributed by atoms with Crippen LogP contribution >= 0.6 is 0 Å². The molecule has 1 aliphatic heterocycles. The van der Waals surface area contributed by atoms with E-state index in [1.54, 1.807) is 0 Å². The lowest BCUT2D eigenvalue weighted by atomic mass is 9.94. The van der Waals surface area contributed by atoms with Gasteiger partial charge in [-0.2, -0.15) is 0 Å². The summed E-state index contributed by atoms with van der Waals surface area (Å²) in [5, 5.41) is 7.76. The molecule has 1 fully saturated rings. The number of nitrogens with zero attached hydrogens (tertiary/aromatic N) is 2. The number of hydrogen-bond acceptors (Lipinski definition) is 3. The first-order chi connectivity index (χ1) is 8.50. The smallest absolute Gasteiger partial charge is 0.140 e. The molecule has 2 unspecified atom stereocenters. The largest absolute Gasteiger partial charge is 0.384 e. The zero-order valence-corrected chi connectivity index (χ0v) is 11.4. The lowest BCUT2D eigenvalue weighted by molar-refractivity contribution is 0.388. The summed E-state index contributed by atoms with van der Waals surface area (Å²) < 4.78 is 0. The van der Waals surface area contributed by atoms with E-state index in [1.165, 1.54) is 12.8 Å². The van der Waals surface area contributed by atoms with E-state index >= 15 is 0 Å². The van der Waals surface area contributed by atoms with Gasteiger partial charge < -0.3 is 10.6 Å². The van der Waals surface area contributed by atoms with Gasteiger partial charge in [-0.1, -0.05) is 6.92 Å². The highest BCUT2D eigenvalue weighted by molar-refractivity contribution is 6.01. The summed E-state index contributed by atoms with van der Waals surface area (Å²) in [7, 11) is 0. The lowest BCUT2D eigenvalue weighted by Gasteiger charge is -2.38. The molecule has 0 aromatic carbocycles. The molecule has 1 aromatic heterocycles. The van der Waals surface area contributed by atoms with Crippen LogP contribution in [0.2, 0.25) is 0 Å². The van der Waals surface area contributed by atoms with Crippen molar-refractivity contribution in [2.45, 2.75) is 39.7 Å². The van der Waals surface area contributed by atoms with Crippen molar-refractivity contribution >= 4 is 11.7 Å². The SMILES string of the molecule is Cc1ccnc(N2CC(C)CCC2C)c1C(=N)N. The number of piperidine rings is 1. The topological polar surface area (TPSA) is 66.0 Å². The van der Waals surface area contributed by atoms with E-state index in [-0.39, 0.29) is 5.84 Å². The first-order valence-electron chi connectivity index (χ1n) is 6.57. The molecular formula is C14H22N4. The van der Waals surface area contributed by atoms with Crippen molar-refractivity contribution < 1.29 is 0 Å². The van der Waals surface area contributed by atoms with Gasteiger partial charge in [0.15, 0.2) is 0 Å². The quantitative estimate of drug-likeness (QED) is 0.621. The molecule has 4 heteroatoms. The predicted molar refractivity (Wildman–Crippen MR) is 75.2 cm³/mol. The Morgan fingerprint density at radius 3 is 2.83 bits per heavy atom. The van der Waals surface area contributed by atoms with E-state index in [1.807, 2.05) is 19.2 Å². The van der Waals surface area contributed by atoms with Crippen LogP contribution in [-0.4, -0.2) is 23.4 Å². The maximum Gasteiger partial charge on any atom is 0.140 e. The number of amidine groups is 1. The van der Waals surface area contributed by atoms with Crippen LogP contribution in [0.5, 0.6) is 0 Å². The van der Waals surface area contributed by atoms with Gasteiger partial charge in [0.1, 0.15) is 11.7 Å². The number of rotatable bonds is 2. The third kappa shape index (κ3) is 2.33. The van der Waals surface area contributed by atoms with Gasteiger partial charge in [0.05, 0.1) is 5.56 Å². The first-order valence-corrected chi connectivity index (χ1v) is 6.57. The molecule has 3 N–H and O–H groups in total. The molecule has 98 valence electrons. The summed E-state index contributed by atoms with van der Waals surface area (Å²) in [6, 6.07) is 2.38. The monoisotopic (exact) mass is 246 g/mol. The lowest BCUT2D eigenvalue weighted by Crippen LogP contribution is -2.42. The fraction of sp³-hybridized carbons (Fsp3) is 0.571. The van der Waals surface area contributed by atoms with E-state index in [0.717, 1.165) is 23.5 Å². The Morgan fingerprint density at radius 1 is 1.44 bits per heavy atom. The van der Waals surface area contributed by atoms with Gasteiger partial charge in [0.2, 0.25) is 0 Å². The Morgan fingerprint density at radius 2 is 2.17 bits per heavy atom. The number of anilines is 1. The van der Waals surface area contributed by atoms with Gasteiger partial charge in [-0.05, 0) is 44.2 Å². The Labute approximate surface area is 109 Å². The number of aryl methyl sites for hydroxylation is 1. The van der Waals surface area contributed by atoms with Crippen molar-refractivity contribution in [1.29, 1.82) is 5.41 Å². The molecular weight excluding hydrogens is 224 g/mol. The molecule has 0 amide bonds. The molecule has 2 atom stereocenters. The van der Waals surface area contributed by atoms with E-state index in [9.17, 15) is 0 Å². The predicted octanol–water partition coefficient (Wildman–Crippen LogP) is 2.30. The molecule has 0 spiro atoms. The van der Waals surface area contributed by atoms with Crippen LogP contribution in [0.1, 0.15) is 37.8 Å². The number of nitrogen functional groups attached to an aromatic ring is 1. The summed E-state index contributed by atoms with van der Waals surface area (Å²) in [4.78, 5) is 6.78. The fourth-order valence-electron chi connectivity index (χ4n) is 2.68. The minimum absolute atomic E-state index is 0.112. The van der Waals surface area contributed by atoms with Crippen LogP contribution in [0.3, 0.4) is 0 Å². The highest BCUT2D eigenvalue weighted by Crippen LogP contribution is 2.29. The summed E-state index contributed by atoms with van der Waals surface area (Å²) in [5.41, 5.74) is 7.53. The molecule has 1 aromatic rings. The van der Waals surface area contributed by atoms with Gasteiger partial charge in [0, 0.05) is 18.8 Å². The maximum atomic E-state index is 7.76. The van der Waals surface area contributed by atoms with Gasteiger partial charge >= 0.3 is 0 Å². The van der Waals surface area contributed by atoms with Crippen molar-refractivity contribution in [1.82, 2.24) is 4.98 Å². The molecule has 2 heterocycles. The summed E-state index contributed by atoms with van der Waals surface area (Å²) in [6.45, 7) is 7.47. The zero-order valence-electron chi connectivity index (χ0n) is 11.4. The van der Waals surface area contributed by atoms with Crippen molar-refractivity contribution in [3.05, 3.63) is 23.4 Å².